The molecule has 2 N–H and O–H groups in total. The molecule has 0 spiro atoms. The van der Waals surface area contributed by atoms with Gasteiger partial charge in [0, 0.05) is 10.2 Å². The average molecular weight is 400 g/mol. The summed E-state index contributed by atoms with van der Waals surface area (Å²) in [5.41, 5.74) is 1.72. The lowest BCUT2D eigenvalue weighted by molar-refractivity contribution is -0.115. The zero-order chi connectivity index (χ0) is 17.0. The number of carbonyl (C=O) groups excluding carboxylic acids is 2. The molecule has 0 unspecified atom stereocenters. The number of hydrogen-bond acceptors (Lipinski definition) is 2. The van der Waals surface area contributed by atoms with Crippen LogP contribution in [0.3, 0.4) is 0 Å². The summed E-state index contributed by atoms with van der Waals surface area (Å²) < 4.78 is 13.9. The van der Waals surface area contributed by atoms with E-state index in [1.165, 1.54) is 6.07 Å². The van der Waals surface area contributed by atoms with Gasteiger partial charge < -0.3 is 10.6 Å². The molecule has 2 aromatic carbocycles. The van der Waals surface area contributed by atoms with E-state index < -0.39 is 11.7 Å². The maximum Gasteiger partial charge on any atom is 0.253 e. The molecule has 120 valence electrons. The predicted molar refractivity (Wildman–Crippen MR) is 91.3 cm³/mol. The van der Waals surface area contributed by atoms with Crippen molar-refractivity contribution < 1.29 is 14.0 Å². The molecule has 0 heterocycles. The molecular weight excluding hydrogens is 387 g/mol. The zero-order valence-corrected chi connectivity index (χ0v) is 14.5. The van der Waals surface area contributed by atoms with E-state index in [9.17, 15) is 14.0 Å². The Morgan fingerprint density at radius 3 is 2.61 bits per heavy atom. The van der Waals surface area contributed by atoms with E-state index >= 15 is 0 Å². The van der Waals surface area contributed by atoms with Crippen LogP contribution in [-0.2, 0) is 4.79 Å². The van der Waals surface area contributed by atoms with Crippen molar-refractivity contribution in [3.63, 3.8) is 0 Å². The number of carbonyl (C=O) groups is 2. The highest BCUT2D eigenvalue weighted by Gasteiger charge is 2.12. The second kappa shape index (κ2) is 7.57. The van der Waals surface area contributed by atoms with Crippen molar-refractivity contribution >= 4 is 45.0 Å². The summed E-state index contributed by atoms with van der Waals surface area (Å²) in [6, 6.07) is 8.81. The molecule has 0 fully saturated rings. The Kier molecular flexibility index (Phi) is 5.74. The number of amides is 2. The fraction of sp³-hybridized carbons (Fsp3) is 0.125. The Morgan fingerprint density at radius 1 is 1.22 bits per heavy atom. The van der Waals surface area contributed by atoms with E-state index in [-0.39, 0.29) is 23.0 Å². The largest absolute Gasteiger partial charge is 0.343 e. The summed E-state index contributed by atoms with van der Waals surface area (Å²) in [6.07, 6.45) is 0. The molecule has 0 aromatic heterocycles. The predicted octanol–water partition coefficient (Wildman–Crippen LogP) is 3.92. The van der Waals surface area contributed by atoms with Crippen LogP contribution >= 0.6 is 27.5 Å². The van der Waals surface area contributed by atoms with Crippen molar-refractivity contribution in [2.24, 2.45) is 0 Å². The lowest BCUT2D eigenvalue weighted by Gasteiger charge is -2.09. The molecule has 0 saturated heterocycles. The van der Waals surface area contributed by atoms with Gasteiger partial charge in [0.05, 0.1) is 17.1 Å². The first-order valence-electron chi connectivity index (χ1n) is 6.66. The van der Waals surface area contributed by atoms with Crippen molar-refractivity contribution in [2.75, 3.05) is 11.9 Å². The second-order valence-corrected chi connectivity index (χ2v) is 6.08. The van der Waals surface area contributed by atoms with E-state index in [2.05, 4.69) is 26.6 Å². The molecule has 4 nitrogen and oxygen atoms in total. The summed E-state index contributed by atoms with van der Waals surface area (Å²) in [5.74, 6) is -1.45. The molecule has 7 heteroatoms. The maximum atomic E-state index is 12.9. The SMILES string of the molecule is Cc1cc(NC(=O)CNC(=O)c2ccc(F)cc2Cl)ccc1Br. The number of nitrogens with one attached hydrogen (secondary N) is 2. The van der Waals surface area contributed by atoms with Crippen LogP contribution in [0.1, 0.15) is 15.9 Å². The first kappa shape index (κ1) is 17.4. The summed E-state index contributed by atoms with van der Waals surface area (Å²) in [5, 5.41) is 5.10. The third-order valence-corrected chi connectivity index (χ3v) is 4.23. The monoisotopic (exact) mass is 398 g/mol. The van der Waals surface area contributed by atoms with Gasteiger partial charge in [0.15, 0.2) is 0 Å². The van der Waals surface area contributed by atoms with Crippen molar-refractivity contribution in [2.45, 2.75) is 6.92 Å². The first-order valence-corrected chi connectivity index (χ1v) is 7.83. The van der Waals surface area contributed by atoms with Gasteiger partial charge in [0.1, 0.15) is 5.82 Å². The fourth-order valence-corrected chi connectivity index (χ4v) is 2.36. The molecule has 2 rings (SSSR count). The molecule has 0 bridgehead atoms. The Morgan fingerprint density at radius 2 is 1.96 bits per heavy atom. The van der Waals surface area contributed by atoms with Crippen LogP contribution in [0.5, 0.6) is 0 Å². The lowest BCUT2D eigenvalue weighted by Crippen LogP contribution is -2.33. The van der Waals surface area contributed by atoms with Crippen molar-refractivity contribution in [1.29, 1.82) is 0 Å². The Bertz CT molecular complexity index is 768. The van der Waals surface area contributed by atoms with E-state index in [1.54, 1.807) is 12.1 Å². The molecule has 0 aliphatic carbocycles. The minimum Gasteiger partial charge on any atom is -0.343 e. The third-order valence-electron chi connectivity index (χ3n) is 3.03. The van der Waals surface area contributed by atoms with Crippen LogP contribution in [0.4, 0.5) is 10.1 Å². The molecular formula is C16H13BrClFN2O2. The van der Waals surface area contributed by atoms with Gasteiger partial charge in [-0.05, 0) is 48.9 Å². The van der Waals surface area contributed by atoms with Crippen LogP contribution < -0.4 is 10.6 Å². The highest BCUT2D eigenvalue weighted by molar-refractivity contribution is 9.10. The number of aryl methyl sites for hydroxylation is 1. The van der Waals surface area contributed by atoms with Crippen LogP contribution in [0, 0.1) is 12.7 Å². The maximum absolute atomic E-state index is 12.9. The standard InChI is InChI=1S/C16H13BrClFN2O2/c1-9-6-11(3-5-13(9)17)21-15(22)8-20-16(23)12-4-2-10(19)7-14(12)18/h2-7H,8H2,1H3,(H,20,23)(H,21,22). The normalized spacial score (nSPS) is 10.3. The van der Waals surface area contributed by atoms with Gasteiger partial charge >= 0.3 is 0 Å². The molecule has 0 saturated carbocycles. The van der Waals surface area contributed by atoms with Crippen LogP contribution in [-0.4, -0.2) is 18.4 Å². The molecule has 2 amide bonds. The Balaban J connectivity index is 1.93. The topological polar surface area (TPSA) is 58.2 Å². The lowest BCUT2D eigenvalue weighted by atomic mass is 10.2. The van der Waals surface area contributed by atoms with E-state index in [0.29, 0.717) is 5.69 Å². The van der Waals surface area contributed by atoms with Crippen molar-refractivity contribution in [3.05, 3.63) is 62.8 Å². The minimum atomic E-state index is -0.544. The highest BCUT2D eigenvalue weighted by atomic mass is 79.9. The minimum absolute atomic E-state index is 0.00792. The summed E-state index contributed by atoms with van der Waals surface area (Å²) in [6.45, 7) is 1.68. The van der Waals surface area contributed by atoms with Gasteiger partial charge in [0.25, 0.3) is 5.91 Å². The van der Waals surface area contributed by atoms with Gasteiger partial charge in [-0.1, -0.05) is 27.5 Å². The van der Waals surface area contributed by atoms with Gasteiger partial charge in [-0.2, -0.15) is 0 Å². The molecule has 0 aliphatic rings. The summed E-state index contributed by atoms with van der Waals surface area (Å²) in [7, 11) is 0. The number of anilines is 1. The average Bonchev–Trinajstić information content (AvgIpc) is 2.48. The number of benzene rings is 2. The van der Waals surface area contributed by atoms with Crippen LogP contribution in [0.25, 0.3) is 0 Å². The van der Waals surface area contributed by atoms with Crippen molar-refractivity contribution in [3.8, 4) is 0 Å². The van der Waals surface area contributed by atoms with Gasteiger partial charge in [0.2, 0.25) is 5.91 Å². The number of hydrogen-bond donors (Lipinski definition) is 2. The highest BCUT2D eigenvalue weighted by Crippen LogP contribution is 2.20. The number of rotatable bonds is 4. The Labute approximate surface area is 146 Å². The summed E-state index contributed by atoms with van der Waals surface area (Å²) in [4.78, 5) is 23.8. The van der Waals surface area contributed by atoms with Crippen LogP contribution in [0.15, 0.2) is 40.9 Å². The van der Waals surface area contributed by atoms with E-state index in [0.717, 1.165) is 22.2 Å². The van der Waals surface area contributed by atoms with E-state index in [1.807, 2.05) is 13.0 Å². The van der Waals surface area contributed by atoms with Gasteiger partial charge in [-0.25, -0.2) is 4.39 Å². The van der Waals surface area contributed by atoms with Gasteiger partial charge in [-0.3, -0.25) is 9.59 Å². The molecule has 0 atom stereocenters. The van der Waals surface area contributed by atoms with E-state index in [4.69, 9.17) is 11.6 Å². The summed E-state index contributed by atoms with van der Waals surface area (Å²) >= 11 is 9.17. The molecule has 2 aromatic rings. The number of halogens is 3. The zero-order valence-electron chi connectivity index (χ0n) is 12.1. The Hall–Kier alpha value is -1.92. The van der Waals surface area contributed by atoms with Gasteiger partial charge in [-0.15, -0.1) is 0 Å². The smallest absolute Gasteiger partial charge is 0.253 e. The third kappa shape index (κ3) is 4.77. The first-order chi connectivity index (χ1) is 10.9. The van der Waals surface area contributed by atoms with Crippen LogP contribution in [0.2, 0.25) is 5.02 Å². The second-order valence-electron chi connectivity index (χ2n) is 4.82. The molecule has 0 radical (unpaired) electrons. The molecule has 23 heavy (non-hydrogen) atoms. The van der Waals surface area contributed by atoms with Crippen molar-refractivity contribution in [1.82, 2.24) is 5.32 Å². The quantitative estimate of drug-likeness (QED) is 0.819. The fourth-order valence-electron chi connectivity index (χ4n) is 1.86. The molecule has 0 aliphatic heterocycles.